The van der Waals surface area contributed by atoms with Crippen LogP contribution in [-0.2, 0) is 6.54 Å². The molecule has 6 heteroatoms. The van der Waals surface area contributed by atoms with E-state index in [9.17, 15) is 9.59 Å². The quantitative estimate of drug-likeness (QED) is 0.701. The van der Waals surface area contributed by atoms with E-state index in [2.05, 4.69) is 5.10 Å². The van der Waals surface area contributed by atoms with E-state index in [0.29, 0.717) is 19.6 Å². The zero-order valence-corrected chi connectivity index (χ0v) is 8.78. The lowest BCUT2D eigenvalue weighted by atomic mass is 10.6. The number of H-pyrrole nitrogens is 1. The number of hydrogen-bond acceptors (Lipinski definition) is 3. The molecule has 0 bridgehead atoms. The van der Waals surface area contributed by atoms with Crippen molar-refractivity contribution in [3.05, 3.63) is 21.0 Å². The van der Waals surface area contributed by atoms with Gasteiger partial charge in [0.15, 0.2) is 0 Å². The topological polar surface area (TPSA) is 63.0 Å². The maximum atomic E-state index is 11.6. The Morgan fingerprint density at radius 1 is 1.21 bits per heavy atom. The molecule has 0 saturated carbocycles. The Balaban J connectivity index is 3.27. The summed E-state index contributed by atoms with van der Waals surface area (Å²) < 4.78 is 2.43. The van der Waals surface area contributed by atoms with Gasteiger partial charge >= 0.3 is 11.4 Å². The van der Waals surface area contributed by atoms with Gasteiger partial charge in [-0.1, -0.05) is 0 Å². The molecule has 1 heterocycles. The van der Waals surface area contributed by atoms with Crippen molar-refractivity contribution in [3.8, 4) is 0 Å². The number of aromatic amines is 1. The molecule has 0 amide bonds. The van der Waals surface area contributed by atoms with E-state index >= 15 is 0 Å². The second-order valence-electron chi connectivity index (χ2n) is 2.89. The van der Waals surface area contributed by atoms with Gasteiger partial charge in [-0.05, 0) is 20.8 Å². The Morgan fingerprint density at radius 2 is 1.79 bits per heavy atom. The molecule has 1 aromatic heterocycles. The standard InChI is InChI=1S/C8H16N4O2/c1-4-10(5-2)12-7(13)9-11(6-3)8(12)14/h4-6H2,1-3H3,(H,9,13). The van der Waals surface area contributed by atoms with E-state index in [0.717, 1.165) is 4.68 Å². The number of aromatic nitrogens is 3. The van der Waals surface area contributed by atoms with Crippen molar-refractivity contribution < 1.29 is 0 Å². The Morgan fingerprint density at radius 3 is 2.14 bits per heavy atom. The highest BCUT2D eigenvalue weighted by Gasteiger charge is 2.11. The molecule has 1 N–H and O–H groups in total. The molecule has 0 saturated heterocycles. The minimum absolute atomic E-state index is 0.304. The molecule has 1 aromatic rings. The predicted molar refractivity (Wildman–Crippen MR) is 54.3 cm³/mol. The number of nitrogens with one attached hydrogen (secondary N) is 1. The summed E-state index contributed by atoms with van der Waals surface area (Å²) in [5.41, 5.74) is -0.679. The molecule has 6 nitrogen and oxygen atoms in total. The molecule has 0 aromatic carbocycles. The van der Waals surface area contributed by atoms with Gasteiger partial charge in [-0.25, -0.2) is 19.4 Å². The summed E-state index contributed by atoms with van der Waals surface area (Å²) in [7, 11) is 0. The third kappa shape index (κ3) is 1.59. The van der Waals surface area contributed by atoms with Gasteiger partial charge in [0, 0.05) is 19.6 Å². The zero-order valence-electron chi connectivity index (χ0n) is 8.78. The van der Waals surface area contributed by atoms with Gasteiger partial charge in [0.05, 0.1) is 0 Å². The van der Waals surface area contributed by atoms with Crippen molar-refractivity contribution in [2.45, 2.75) is 27.3 Å². The fourth-order valence-electron chi connectivity index (χ4n) is 1.38. The molecular weight excluding hydrogens is 184 g/mol. The lowest BCUT2D eigenvalue weighted by Gasteiger charge is -2.18. The van der Waals surface area contributed by atoms with Gasteiger partial charge in [0.25, 0.3) is 0 Å². The minimum atomic E-state index is -0.374. The summed E-state index contributed by atoms with van der Waals surface area (Å²) in [5, 5.41) is 4.17. The van der Waals surface area contributed by atoms with E-state index in [1.807, 2.05) is 20.8 Å². The third-order valence-electron chi connectivity index (χ3n) is 2.16. The molecule has 0 atom stereocenters. The van der Waals surface area contributed by atoms with Gasteiger partial charge in [-0.2, -0.15) is 4.68 Å². The highest BCUT2D eigenvalue weighted by atomic mass is 16.2. The smallest absolute Gasteiger partial charge is 0.305 e. The van der Waals surface area contributed by atoms with E-state index in [1.54, 1.807) is 5.01 Å². The van der Waals surface area contributed by atoms with E-state index < -0.39 is 0 Å². The van der Waals surface area contributed by atoms with Crippen molar-refractivity contribution >= 4 is 0 Å². The molecule has 14 heavy (non-hydrogen) atoms. The first-order chi connectivity index (χ1) is 6.65. The van der Waals surface area contributed by atoms with Crippen LogP contribution in [0.2, 0.25) is 0 Å². The average molecular weight is 200 g/mol. The van der Waals surface area contributed by atoms with Crippen molar-refractivity contribution in [3.63, 3.8) is 0 Å². The van der Waals surface area contributed by atoms with E-state index in [4.69, 9.17) is 0 Å². The molecule has 0 aliphatic rings. The van der Waals surface area contributed by atoms with Crippen molar-refractivity contribution in [1.29, 1.82) is 0 Å². The normalized spacial score (nSPS) is 10.5. The SMILES string of the molecule is CCN(CC)n1c(=O)[nH]n(CC)c1=O. The molecule has 0 fully saturated rings. The second kappa shape index (κ2) is 4.17. The van der Waals surface area contributed by atoms with Crippen LogP contribution in [0.15, 0.2) is 9.59 Å². The highest BCUT2D eigenvalue weighted by Crippen LogP contribution is 1.81. The van der Waals surface area contributed by atoms with E-state index in [-0.39, 0.29) is 11.4 Å². The van der Waals surface area contributed by atoms with Crippen LogP contribution in [0.5, 0.6) is 0 Å². The third-order valence-corrected chi connectivity index (χ3v) is 2.16. The first-order valence-corrected chi connectivity index (χ1v) is 4.82. The highest BCUT2D eigenvalue weighted by molar-refractivity contribution is 4.84. The molecule has 80 valence electrons. The molecular formula is C8H16N4O2. The zero-order chi connectivity index (χ0) is 10.7. The van der Waals surface area contributed by atoms with Gasteiger partial charge < -0.3 is 5.01 Å². The molecule has 1 rings (SSSR count). The van der Waals surface area contributed by atoms with E-state index in [1.165, 1.54) is 4.68 Å². The molecule has 0 spiro atoms. The maximum absolute atomic E-state index is 11.6. The monoisotopic (exact) mass is 200 g/mol. The lowest BCUT2D eigenvalue weighted by Crippen LogP contribution is -2.47. The van der Waals surface area contributed by atoms with Gasteiger partial charge in [0.2, 0.25) is 0 Å². The summed E-state index contributed by atoms with van der Waals surface area (Å²) in [6.45, 7) is 7.35. The van der Waals surface area contributed by atoms with Crippen LogP contribution in [0, 0.1) is 0 Å². The van der Waals surface area contributed by atoms with Crippen LogP contribution in [0.4, 0.5) is 0 Å². The Bertz CT molecular complexity index is 396. The van der Waals surface area contributed by atoms with Crippen LogP contribution in [0.1, 0.15) is 20.8 Å². The average Bonchev–Trinajstić information content (AvgIpc) is 2.46. The van der Waals surface area contributed by atoms with Crippen molar-refractivity contribution in [2.24, 2.45) is 0 Å². The summed E-state index contributed by atoms with van der Waals surface area (Å²) in [6, 6.07) is 0. The van der Waals surface area contributed by atoms with Crippen molar-refractivity contribution in [2.75, 3.05) is 18.1 Å². The Kier molecular flexibility index (Phi) is 3.16. The fraction of sp³-hybridized carbons (Fsp3) is 0.750. The van der Waals surface area contributed by atoms with Crippen LogP contribution in [0.3, 0.4) is 0 Å². The number of aryl methyl sites for hydroxylation is 1. The Labute approximate surface area is 81.7 Å². The number of nitrogens with zero attached hydrogens (tertiary/aromatic N) is 3. The summed E-state index contributed by atoms with van der Waals surface area (Å²) in [6.07, 6.45) is 0. The maximum Gasteiger partial charge on any atom is 0.366 e. The minimum Gasteiger partial charge on any atom is -0.305 e. The van der Waals surface area contributed by atoms with Crippen LogP contribution < -0.4 is 16.4 Å². The predicted octanol–water partition coefficient (Wildman–Crippen LogP) is -0.664. The fourth-order valence-corrected chi connectivity index (χ4v) is 1.38. The van der Waals surface area contributed by atoms with Crippen molar-refractivity contribution in [1.82, 2.24) is 14.5 Å². The first kappa shape index (κ1) is 10.6. The molecule has 0 radical (unpaired) electrons. The van der Waals surface area contributed by atoms with Crippen LogP contribution in [0.25, 0.3) is 0 Å². The van der Waals surface area contributed by atoms with Gasteiger partial charge in [0.1, 0.15) is 0 Å². The number of rotatable bonds is 4. The molecule has 0 aliphatic heterocycles. The number of hydrogen-bond donors (Lipinski definition) is 1. The Hall–Kier alpha value is -1.46. The lowest BCUT2D eigenvalue weighted by molar-refractivity contribution is 0.564. The second-order valence-corrected chi connectivity index (χ2v) is 2.89. The van der Waals surface area contributed by atoms with Crippen LogP contribution in [-0.4, -0.2) is 27.5 Å². The van der Waals surface area contributed by atoms with Crippen LogP contribution >= 0.6 is 0 Å². The van der Waals surface area contributed by atoms with Gasteiger partial charge in [-0.3, -0.25) is 0 Å². The summed E-state index contributed by atoms with van der Waals surface area (Å²) in [5.74, 6) is 0. The molecule has 0 unspecified atom stereocenters. The summed E-state index contributed by atoms with van der Waals surface area (Å²) >= 11 is 0. The summed E-state index contributed by atoms with van der Waals surface area (Å²) in [4.78, 5) is 23.1. The van der Waals surface area contributed by atoms with Gasteiger partial charge in [-0.15, -0.1) is 0 Å². The largest absolute Gasteiger partial charge is 0.366 e. The first-order valence-electron chi connectivity index (χ1n) is 4.82. The molecule has 0 aliphatic carbocycles.